The van der Waals surface area contributed by atoms with Crippen LogP contribution in [0.15, 0.2) is 79.0 Å². The first-order chi connectivity index (χ1) is 15.7. The maximum absolute atomic E-state index is 6.11. The number of aromatic nitrogens is 2. The average molecular weight is 465 g/mol. The van der Waals surface area contributed by atoms with Crippen molar-refractivity contribution in [1.29, 1.82) is 0 Å². The van der Waals surface area contributed by atoms with Gasteiger partial charge >= 0.3 is 0 Å². The molecular formula is C26H22Cl2N2O2. The molecule has 4 nitrogen and oxygen atoms in total. The summed E-state index contributed by atoms with van der Waals surface area (Å²) < 4.78 is 13.5. The number of halogens is 2. The molecule has 3 aromatic carbocycles. The van der Waals surface area contributed by atoms with Crippen molar-refractivity contribution in [2.75, 3.05) is 6.61 Å². The summed E-state index contributed by atoms with van der Waals surface area (Å²) in [6.45, 7) is 0.759. The van der Waals surface area contributed by atoms with Gasteiger partial charge in [-0.05, 0) is 79.1 Å². The third kappa shape index (κ3) is 4.68. The van der Waals surface area contributed by atoms with E-state index in [9.17, 15) is 0 Å². The van der Waals surface area contributed by atoms with Gasteiger partial charge in [-0.2, -0.15) is 5.10 Å². The standard InChI is InChI=1S/C26H22Cl2N2O2/c27-20-8-4-18(5-9-20)24-17-30(22-12-10-21(28)11-13-22)29-26(24)19-6-14-23(15-7-19)32-25-3-1-2-16-31-25/h4-15,17,25H,1-3,16H2. The average Bonchev–Trinajstić information content (AvgIpc) is 3.27. The Hall–Kier alpha value is -2.79. The largest absolute Gasteiger partial charge is 0.465 e. The van der Waals surface area contributed by atoms with E-state index >= 15 is 0 Å². The van der Waals surface area contributed by atoms with E-state index in [-0.39, 0.29) is 6.29 Å². The van der Waals surface area contributed by atoms with Gasteiger partial charge in [0.25, 0.3) is 0 Å². The Morgan fingerprint density at radius 1 is 0.812 bits per heavy atom. The number of hydrogen-bond donors (Lipinski definition) is 0. The number of hydrogen-bond acceptors (Lipinski definition) is 3. The maximum Gasteiger partial charge on any atom is 0.199 e. The van der Waals surface area contributed by atoms with E-state index < -0.39 is 0 Å². The van der Waals surface area contributed by atoms with Crippen LogP contribution in [0.1, 0.15) is 19.3 Å². The number of ether oxygens (including phenoxy) is 2. The molecule has 1 aliphatic rings. The summed E-state index contributed by atoms with van der Waals surface area (Å²) in [5.41, 5.74) is 4.87. The van der Waals surface area contributed by atoms with Gasteiger partial charge in [-0.15, -0.1) is 0 Å². The summed E-state index contributed by atoms with van der Waals surface area (Å²) in [5.74, 6) is 0.797. The van der Waals surface area contributed by atoms with E-state index in [4.69, 9.17) is 37.8 Å². The van der Waals surface area contributed by atoms with Crippen LogP contribution in [0, 0.1) is 0 Å². The van der Waals surface area contributed by atoms with Crippen LogP contribution in [0.5, 0.6) is 5.75 Å². The van der Waals surface area contributed by atoms with Crippen molar-refractivity contribution in [3.8, 4) is 33.8 Å². The normalized spacial score (nSPS) is 16.1. The lowest BCUT2D eigenvalue weighted by molar-refractivity contribution is -0.105. The van der Waals surface area contributed by atoms with Crippen LogP contribution in [0.25, 0.3) is 28.1 Å². The SMILES string of the molecule is Clc1ccc(-c2cn(-c3ccc(Cl)cc3)nc2-c2ccc(OC3CCCCO3)cc2)cc1. The topological polar surface area (TPSA) is 36.3 Å². The molecule has 0 spiro atoms. The second-order valence-electron chi connectivity index (χ2n) is 7.76. The molecule has 0 aliphatic carbocycles. The Bertz CT molecular complexity index is 1180. The van der Waals surface area contributed by atoms with E-state index in [1.54, 1.807) is 0 Å². The van der Waals surface area contributed by atoms with Crippen molar-refractivity contribution < 1.29 is 9.47 Å². The van der Waals surface area contributed by atoms with Crippen LogP contribution >= 0.6 is 23.2 Å². The maximum atomic E-state index is 6.11. The van der Waals surface area contributed by atoms with E-state index in [0.29, 0.717) is 10.0 Å². The van der Waals surface area contributed by atoms with Crippen LogP contribution < -0.4 is 4.74 Å². The van der Waals surface area contributed by atoms with Crippen LogP contribution in [-0.2, 0) is 4.74 Å². The molecule has 162 valence electrons. The van der Waals surface area contributed by atoms with Crippen LogP contribution in [0.3, 0.4) is 0 Å². The third-order valence-electron chi connectivity index (χ3n) is 5.49. The molecule has 1 fully saturated rings. The quantitative estimate of drug-likeness (QED) is 0.308. The Labute approximate surface area is 197 Å². The fourth-order valence-corrected chi connectivity index (χ4v) is 4.05. The molecule has 1 aromatic heterocycles. The zero-order valence-corrected chi connectivity index (χ0v) is 18.9. The Morgan fingerprint density at radius 2 is 1.47 bits per heavy atom. The van der Waals surface area contributed by atoms with Crippen LogP contribution in [0.2, 0.25) is 10.0 Å². The van der Waals surface area contributed by atoms with Gasteiger partial charge in [0.15, 0.2) is 6.29 Å². The molecule has 1 aliphatic heterocycles. The van der Waals surface area contributed by atoms with Gasteiger partial charge in [-0.1, -0.05) is 35.3 Å². The second kappa shape index (κ2) is 9.37. The molecule has 0 saturated carbocycles. The predicted octanol–water partition coefficient (Wildman–Crippen LogP) is 7.42. The molecule has 0 radical (unpaired) electrons. The summed E-state index contributed by atoms with van der Waals surface area (Å²) >= 11 is 12.2. The van der Waals surface area contributed by atoms with Crippen LogP contribution in [0.4, 0.5) is 0 Å². The highest BCUT2D eigenvalue weighted by Crippen LogP contribution is 2.34. The smallest absolute Gasteiger partial charge is 0.199 e. The predicted molar refractivity (Wildman–Crippen MR) is 129 cm³/mol. The Kier molecular flexibility index (Phi) is 6.17. The molecule has 6 heteroatoms. The fraction of sp³-hybridized carbons (Fsp3) is 0.192. The minimum Gasteiger partial charge on any atom is -0.465 e. The number of nitrogens with zero attached hydrogens (tertiary/aromatic N) is 2. The van der Waals surface area contributed by atoms with Gasteiger partial charge in [0.1, 0.15) is 11.4 Å². The molecule has 32 heavy (non-hydrogen) atoms. The van der Waals surface area contributed by atoms with Gasteiger partial charge in [0.2, 0.25) is 0 Å². The van der Waals surface area contributed by atoms with Crippen molar-refractivity contribution in [2.45, 2.75) is 25.6 Å². The second-order valence-corrected chi connectivity index (χ2v) is 8.63. The molecule has 4 aromatic rings. The van der Waals surface area contributed by atoms with E-state index in [0.717, 1.165) is 59.7 Å². The summed E-state index contributed by atoms with van der Waals surface area (Å²) in [6.07, 6.45) is 5.02. The highest BCUT2D eigenvalue weighted by molar-refractivity contribution is 6.30. The van der Waals surface area contributed by atoms with Crippen molar-refractivity contribution in [3.05, 3.63) is 89.0 Å². The zero-order valence-electron chi connectivity index (χ0n) is 17.4. The summed E-state index contributed by atoms with van der Waals surface area (Å²) in [6, 6.07) is 23.4. The fourth-order valence-electron chi connectivity index (χ4n) is 3.80. The molecule has 0 amide bonds. The van der Waals surface area contributed by atoms with Gasteiger partial charge in [-0.25, -0.2) is 4.68 Å². The summed E-state index contributed by atoms with van der Waals surface area (Å²) in [5, 5.41) is 6.29. The summed E-state index contributed by atoms with van der Waals surface area (Å²) in [7, 11) is 0. The molecule has 2 heterocycles. The number of rotatable bonds is 5. The van der Waals surface area contributed by atoms with E-state index in [1.807, 2.05) is 83.7 Å². The lowest BCUT2D eigenvalue weighted by Crippen LogP contribution is -2.24. The van der Waals surface area contributed by atoms with Crippen molar-refractivity contribution in [3.63, 3.8) is 0 Å². The summed E-state index contributed by atoms with van der Waals surface area (Å²) in [4.78, 5) is 0. The third-order valence-corrected chi connectivity index (χ3v) is 6.00. The zero-order chi connectivity index (χ0) is 21.9. The Balaban J connectivity index is 1.49. The molecule has 1 unspecified atom stereocenters. The van der Waals surface area contributed by atoms with E-state index in [1.165, 1.54) is 0 Å². The molecule has 5 rings (SSSR count). The van der Waals surface area contributed by atoms with Crippen molar-refractivity contribution in [2.24, 2.45) is 0 Å². The lowest BCUT2D eigenvalue weighted by atomic mass is 10.0. The molecule has 1 saturated heterocycles. The highest BCUT2D eigenvalue weighted by atomic mass is 35.5. The molecule has 0 bridgehead atoms. The minimum absolute atomic E-state index is 0.164. The first-order valence-electron chi connectivity index (χ1n) is 10.7. The van der Waals surface area contributed by atoms with Gasteiger partial charge in [0, 0.05) is 33.8 Å². The van der Waals surface area contributed by atoms with Gasteiger partial charge in [0.05, 0.1) is 12.3 Å². The highest BCUT2D eigenvalue weighted by Gasteiger charge is 2.17. The first kappa shape index (κ1) is 21.1. The van der Waals surface area contributed by atoms with Crippen molar-refractivity contribution in [1.82, 2.24) is 9.78 Å². The van der Waals surface area contributed by atoms with E-state index in [2.05, 4.69) is 0 Å². The Morgan fingerprint density at radius 3 is 2.12 bits per heavy atom. The first-order valence-corrected chi connectivity index (χ1v) is 11.4. The monoisotopic (exact) mass is 464 g/mol. The molecular weight excluding hydrogens is 443 g/mol. The van der Waals surface area contributed by atoms with Crippen LogP contribution in [-0.4, -0.2) is 22.7 Å². The number of benzene rings is 3. The van der Waals surface area contributed by atoms with Gasteiger partial charge < -0.3 is 9.47 Å². The molecule has 0 N–H and O–H groups in total. The lowest BCUT2D eigenvalue weighted by Gasteiger charge is -2.23. The molecule has 1 atom stereocenters. The minimum atomic E-state index is -0.164. The van der Waals surface area contributed by atoms with Gasteiger partial charge in [-0.3, -0.25) is 0 Å². The van der Waals surface area contributed by atoms with Crippen molar-refractivity contribution >= 4 is 23.2 Å².